The normalized spacial score (nSPS) is 11.8. The SMILES string of the molecule is Cc1cc(C(C)(C)O)cc(Br)c1O. The van der Waals surface area contributed by atoms with Crippen molar-refractivity contribution in [1.82, 2.24) is 0 Å². The number of aryl methyl sites for hydroxylation is 1. The third kappa shape index (κ3) is 2.23. The molecule has 0 saturated carbocycles. The minimum absolute atomic E-state index is 0.230. The van der Waals surface area contributed by atoms with Gasteiger partial charge in [0.15, 0.2) is 0 Å². The van der Waals surface area contributed by atoms with Gasteiger partial charge in [-0.3, -0.25) is 0 Å². The molecule has 0 amide bonds. The number of benzene rings is 1. The predicted molar refractivity (Wildman–Crippen MR) is 55.8 cm³/mol. The fourth-order valence-electron chi connectivity index (χ4n) is 1.09. The lowest BCUT2D eigenvalue weighted by Crippen LogP contribution is -2.15. The van der Waals surface area contributed by atoms with Gasteiger partial charge in [0.2, 0.25) is 0 Å². The zero-order valence-corrected chi connectivity index (χ0v) is 9.51. The average molecular weight is 245 g/mol. The second-order valence-electron chi connectivity index (χ2n) is 3.68. The van der Waals surface area contributed by atoms with E-state index < -0.39 is 5.60 Å². The van der Waals surface area contributed by atoms with Crippen LogP contribution in [0.5, 0.6) is 5.75 Å². The molecule has 0 aromatic heterocycles. The van der Waals surface area contributed by atoms with Gasteiger partial charge in [0, 0.05) is 0 Å². The summed E-state index contributed by atoms with van der Waals surface area (Å²) in [6, 6.07) is 3.50. The van der Waals surface area contributed by atoms with E-state index in [0.29, 0.717) is 4.47 Å². The van der Waals surface area contributed by atoms with Gasteiger partial charge in [0.1, 0.15) is 5.75 Å². The summed E-state index contributed by atoms with van der Waals surface area (Å²) in [4.78, 5) is 0. The highest BCUT2D eigenvalue weighted by Gasteiger charge is 2.18. The second-order valence-corrected chi connectivity index (χ2v) is 4.54. The summed E-state index contributed by atoms with van der Waals surface area (Å²) in [6.45, 7) is 5.23. The largest absolute Gasteiger partial charge is 0.506 e. The fraction of sp³-hybridized carbons (Fsp3) is 0.400. The maximum Gasteiger partial charge on any atom is 0.132 e. The number of phenols is 1. The minimum atomic E-state index is -0.874. The van der Waals surface area contributed by atoms with Crippen molar-refractivity contribution in [2.24, 2.45) is 0 Å². The maximum atomic E-state index is 9.73. The van der Waals surface area contributed by atoms with Gasteiger partial charge in [-0.2, -0.15) is 0 Å². The lowest BCUT2D eigenvalue weighted by Gasteiger charge is -2.19. The van der Waals surface area contributed by atoms with Crippen LogP contribution < -0.4 is 0 Å². The standard InChI is InChI=1S/C10H13BrO2/c1-6-4-7(10(2,3)13)5-8(11)9(6)12/h4-5,12-13H,1-3H3. The lowest BCUT2D eigenvalue weighted by molar-refractivity contribution is 0.0784. The topological polar surface area (TPSA) is 40.5 Å². The Hall–Kier alpha value is -0.540. The first-order valence-corrected chi connectivity index (χ1v) is 4.83. The molecule has 0 atom stereocenters. The van der Waals surface area contributed by atoms with Crippen LogP contribution in [-0.2, 0) is 5.60 Å². The highest BCUT2D eigenvalue weighted by atomic mass is 79.9. The van der Waals surface area contributed by atoms with Gasteiger partial charge in [-0.1, -0.05) is 0 Å². The molecule has 0 fully saturated rings. The van der Waals surface area contributed by atoms with Gasteiger partial charge in [-0.05, 0) is 60.0 Å². The summed E-state index contributed by atoms with van der Waals surface area (Å²) in [5.41, 5.74) is 0.669. The predicted octanol–water partition coefficient (Wildman–Crippen LogP) is 2.69. The van der Waals surface area contributed by atoms with Crippen molar-refractivity contribution in [3.8, 4) is 5.75 Å². The molecular formula is C10H13BrO2. The smallest absolute Gasteiger partial charge is 0.132 e. The third-order valence-corrected chi connectivity index (χ3v) is 2.56. The summed E-state index contributed by atoms with van der Waals surface area (Å²) in [6.07, 6.45) is 0. The molecule has 2 nitrogen and oxygen atoms in total. The number of hydrogen-bond donors (Lipinski definition) is 2. The molecule has 0 spiro atoms. The Morgan fingerprint density at radius 1 is 1.31 bits per heavy atom. The van der Waals surface area contributed by atoms with Gasteiger partial charge in [0.05, 0.1) is 10.1 Å². The highest BCUT2D eigenvalue weighted by Crippen LogP contribution is 2.32. The van der Waals surface area contributed by atoms with Crippen LogP contribution in [0.15, 0.2) is 16.6 Å². The van der Waals surface area contributed by atoms with Crippen molar-refractivity contribution in [2.45, 2.75) is 26.4 Å². The van der Waals surface area contributed by atoms with Crippen LogP contribution in [0.3, 0.4) is 0 Å². The highest BCUT2D eigenvalue weighted by molar-refractivity contribution is 9.10. The minimum Gasteiger partial charge on any atom is -0.506 e. The van der Waals surface area contributed by atoms with Crippen molar-refractivity contribution < 1.29 is 10.2 Å². The van der Waals surface area contributed by atoms with Gasteiger partial charge < -0.3 is 10.2 Å². The molecule has 0 heterocycles. The second kappa shape index (κ2) is 3.31. The van der Waals surface area contributed by atoms with E-state index in [1.807, 2.05) is 0 Å². The molecule has 0 aliphatic heterocycles. The van der Waals surface area contributed by atoms with Crippen molar-refractivity contribution in [3.05, 3.63) is 27.7 Å². The van der Waals surface area contributed by atoms with E-state index in [1.54, 1.807) is 32.9 Å². The van der Waals surface area contributed by atoms with Crippen molar-refractivity contribution in [1.29, 1.82) is 0 Å². The summed E-state index contributed by atoms with van der Waals surface area (Å²) in [5, 5.41) is 19.2. The summed E-state index contributed by atoms with van der Waals surface area (Å²) < 4.78 is 0.615. The Labute approximate surface area is 86.3 Å². The molecule has 1 aromatic rings. The van der Waals surface area contributed by atoms with Crippen LogP contribution in [0.2, 0.25) is 0 Å². The monoisotopic (exact) mass is 244 g/mol. The Balaban J connectivity index is 3.29. The molecular weight excluding hydrogens is 232 g/mol. The summed E-state index contributed by atoms with van der Waals surface area (Å²) >= 11 is 3.23. The van der Waals surface area contributed by atoms with E-state index >= 15 is 0 Å². The van der Waals surface area contributed by atoms with Gasteiger partial charge in [-0.25, -0.2) is 0 Å². The zero-order chi connectivity index (χ0) is 10.2. The Kier molecular flexibility index (Phi) is 2.68. The number of halogens is 1. The molecule has 1 rings (SSSR count). The molecule has 0 unspecified atom stereocenters. The van der Waals surface area contributed by atoms with Crippen LogP contribution in [0.25, 0.3) is 0 Å². The van der Waals surface area contributed by atoms with Crippen molar-refractivity contribution in [3.63, 3.8) is 0 Å². The first-order chi connectivity index (χ1) is 5.82. The van der Waals surface area contributed by atoms with Crippen LogP contribution in [0, 0.1) is 6.92 Å². The molecule has 13 heavy (non-hydrogen) atoms. The molecule has 2 N–H and O–H groups in total. The third-order valence-electron chi connectivity index (χ3n) is 1.96. The van der Waals surface area contributed by atoms with E-state index in [2.05, 4.69) is 15.9 Å². The zero-order valence-electron chi connectivity index (χ0n) is 7.93. The van der Waals surface area contributed by atoms with Gasteiger partial charge in [-0.15, -0.1) is 0 Å². The summed E-state index contributed by atoms with van der Waals surface area (Å²) in [7, 11) is 0. The molecule has 0 aliphatic carbocycles. The Morgan fingerprint density at radius 3 is 2.23 bits per heavy atom. The quantitative estimate of drug-likeness (QED) is 0.798. The summed E-state index contributed by atoms with van der Waals surface area (Å²) in [5.74, 6) is 0.230. The van der Waals surface area contributed by atoms with E-state index in [-0.39, 0.29) is 5.75 Å². The van der Waals surface area contributed by atoms with E-state index in [0.717, 1.165) is 11.1 Å². The number of phenolic OH excluding ortho intramolecular Hbond substituents is 1. The molecule has 72 valence electrons. The molecule has 0 bridgehead atoms. The molecule has 1 aromatic carbocycles. The van der Waals surface area contributed by atoms with Gasteiger partial charge in [0.25, 0.3) is 0 Å². The van der Waals surface area contributed by atoms with Gasteiger partial charge >= 0.3 is 0 Å². The Bertz CT molecular complexity index is 303. The average Bonchev–Trinajstić information content (AvgIpc) is 1.97. The van der Waals surface area contributed by atoms with Crippen molar-refractivity contribution in [2.75, 3.05) is 0 Å². The van der Waals surface area contributed by atoms with Crippen LogP contribution in [-0.4, -0.2) is 10.2 Å². The van der Waals surface area contributed by atoms with E-state index in [9.17, 15) is 10.2 Å². The Morgan fingerprint density at radius 2 is 1.85 bits per heavy atom. The molecule has 0 aliphatic rings. The fourth-order valence-corrected chi connectivity index (χ4v) is 1.65. The number of hydrogen-bond acceptors (Lipinski definition) is 2. The van der Waals surface area contributed by atoms with Crippen LogP contribution in [0.4, 0.5) is 0 Å². The maximum absolute atomic E-state index is 9.73. The number of rotatable bonds is 1. The molecule has 0 radical (unpaired) electrons. The van der Waals surface area contributed by atoms with Crippen LogP contribution in [0.1, 0.15) is 25.0 Å². The first kappa shape index (κ1) is 10.5. The number of aliphatic hydroxyl groups is 1. The molecule has 0 saturated heterocycles. The van der Waals surface area contributed by atoms with Crippen molar-refractivity contribution >= 4 is 15.9 Å². The van der Waals surface area contributed by atoms with Crippen LogP contribution >= 0.6 is 15.9 Å². The first-order valence-electron chi connectivity index (χ1n) is 4.04. The van der Waals surface area contributed by atoms with E-state index in [4.69, 9.17) is 0 Å². The lowest BCUT2D eigenvalue weighted by atomic mass is 9.96. The molecule has 3 heteroatoms. The number of aromatic hydroxyl groups is 1. The van der Waals surface area contributed by atoms with E-state index in [1.165, 1.54) is 0 Å².